The standard InChI is InChI=1S/C20H20N/c1-15-9-4-5-11-17(15)18-12-8-10-16(2)20(18)19-13-6-7-14-21(19)3/h4-14H,1-3H3/q+1. The number of aryl methyl sites for hydroxylation is 3. The molecule has 0 atom stereocenters. The van der Waals surface area contributed by atoms with E-state index in [2.05, 4.69) is 92.3 Å². The first-order valence-electron chi connectivity index (χ1n) is 7.29. The van der Waals surface area contributed by atoms with E-state index in [1.54, 1.807) is 0 Å². The molecule has 0 fully saturated rings. The Hall–Kier alpha value is -2.41. The van der Waals surface area contributed by atoms with Crippen LogP contribution in [0.15, 0.2) is 66.9 Å². The van der Waals surface area contributed by atoms with Crippen LogP contribution in [0, 0.1) is 13.8 Å². The van der Waals surface area contributed by atoms with Gasteiger partial charge in [-0.2, -0.15) is 0 Å². The zero-order valence-electron chi connectivity index (χ0n) is 12.8. The normalized spacial score (nSPS) is 10.6. The molecule has 0 radical (unpaired) electrons. The topological polar surface area (TPSA) is 3.88 Å². The number of aromatic nitrogens is 1. The van der Waals surface area contributed by atoms with Crippen LogP contribution in [-0.2, 0) is 7.05 Å². The smallest absolute Gasteiger partial charge is 0.201 e. The molecular weight excluding hydrogens is 254 g/mol. The van der Waals surface area contributed by atoms with E-state index in [1.807, 2.05) is 0 Å². The average Bonchev–Trinajstić information content (AvgIpc) is 2.49. The molecule has 104 valence electrons. The van der Waals surface area contributed by atoms with Gasteiger partial charge < -0.3 is 0 Å². The van der Waals surface area contributed by atoms with Crippen LogP contribution in [0.4, 0.5) is 0 Å². The van der Waals surface area contributed by atoms with Gasteiger partial charge in [0, 0.05) is 12.1 Å². The van der Waals surface area contributed by atoms with Crippen molar-refractivity contribution in [1.29, 1.82) is 0 Å². The van der Waals surface area contributed by atoms with Crippen molar-refractivity contribution in [2.75, 3.05) is 0 Å². The van der Waals surface area contributed by atoms with Crippen molar-refractivity contribution in [3.63, 3.8) is 0 Å². The highest BCUT2D eigenvalue weighted by molar-refractivity contribution is 5.84. The van der Waals surface area contributed by atoms with Crippen LogP contribution in [0.25, 0.3) is 22.4 Å². The van der Waals surface area contributed by atoms with Gasteiger partial charge in [-0.1, -0.05) is 42.5 Å². The fraction of sp³-hybridized carbons (Fsp3) is 0.150. The van der Waals surface area contributed by atoms with Gasteiger partial charge in [0.05, 0.1) is 5.56 Å². The zero-order valence-corrected chi connectivity index (χ0v) is 12.8. The van der Waals surface area contributed by atoms with Gasteiger partial charge in [0.25, 0.3) is 0 Å². The van der Waals surface area contributed by atoms with E-state index < -0.39 is 0 Å². The molecule has 2 aromatic carbocycles. The van der Waals surface area contributed by atoms with Crippen molar-refractivity contribution in [2.45, 2.75) is 13.8 Å². The van der Waals surface area contributed by atoms with Crippen LogP contribution in [-0.4, -0.2) is 0 Å². The van der Waals surface area contributed by atoms with Crippen molar-refractivity contribution in [3.05, 3.63) is 78.0 Å². The summed E-state index contributed by atoms with van der Waals surface area (Å²) in [6.45, 7) is 4.36. The molecule has 21 heavy (non-hydrogen) atoms. The fourth-order valence-corrected chi connectivity index (χ4v) is 2.89. The number of nitrogens with zero attached hydrogens (tertiary/aromatic N) is 1. The molecule has 0 aliphatic carbocycles. The summed E-state index contributed by atoms with van der Waals surface area (Å²) < 4.78 is 2.18. The zero-order chi connectivity index (χ0) is 14.8. The summed E-state index contributed by atoms with van der Waals surface area (Å²) in [4.78, 5) is 0. The molecule has 0 amide bonds. The Bertz CT molecular complexity index is 787. The Balaban J connectivity index is 2.32. The summed E-state index contributed by atoms with van der Waals surface area (Å²) in [7, 11) is 2.10. The molecular formula is C20H20N+. The van der Waals surface area contributed by atoms with Gasteiger partial charge in [0.15, 0.2) is 6.20 Å². The monoisotopic (exact) mass is 274 g/mol. The first kappa shape index (κ1) is 13.6. The molecule has 0 spiro atoms. The summed E-state index contributed by atoms with van der Waals surface area (Å²) >= 11 is 0. The van der Waals surface area contributed by atoms with Crippen LogP contribution in [0.3, 0.4) is 0 Å². The molecule has 1 aromatic heterocycles. The lowest BCUT2D eigenvalue weighted by Crippen LogP contribution is -2.30. The maximum absolute atomic E-state index is 2.22. The second kappa shape index (κ2) is 5.53. The quantitative estimate of drug-likeness (QED) is 0.607. The van der Waals surface area contributed by atoms with Crippen LogP contribution in [0.5, 0.6) is 0 Å². The van der Waals surface area contributed by atoms with E-state index in [1.165, 1.54) is 33.5 Å². The maximum atomic E-state index is 2.22. The van der Waals surface area contributed by atoms with E-state index in [0.717, 1.165) is 0 Å². The molecule has 3 rings (SSSR count). The van der Waals surface area contributed by atoms with Crippen molar-refractivity contribution >= 4 is 0 Å². The van der Waals surface area contributed by atoms with Gasteiger partial charge in [-0.25, -0.2) is 4.57 Å². The third-order valence-corrected chi connectivity index (χ3v) is 4.02. The third kappa shape index (κ3) is 2.47. The largest absolute Gasteiger partial charge is 0.213 e. The molecule has 0 N–H and O–H groups in total. The molecule has 1 nitrogen and oxygen atoms in total. The predicted octanol–water partition coefficient (Wildman–Crippen LogP) is 4.46. The number of rotatable bonds is 2. The molecule has 3 aromatic rings. The van der Waals surface area contributed by atoms with Crippen molar-refractivity contribution in [2.24, 2.45) is 7.05 Å². The highest BCUT2D eigenvalue weighted by Gasteiger charge is 2.17. The Morgan fingerprint density at radius 3 is 2.10 bits per heavy atom. The highest BCUT2D eigenvalue weighted by atomic mass is 14.9. The summed E-state index contributed by atoms with van der Waals surface area (Å²) in [5, 5.41) is 0. The minimum atomic E-state index is 1.24. The number of pyridine rings is 1. The van der Waals surface area contributed by atoms with Gasteiger partial charge in [-0.15, -0.1) is 0 Å². The molecule has 1 heterocycles. The molecule has 0 aliphatic rings. The van der Waals surface area contributed by atoms with E-state index in [9.17, 15) is 0 Å². The number of benzene rings is 2. The van der Waals surface area contributed by atoms with Gasteiger partial charge in [-0.3, -0.25) is 0 Å². The van der Waals surface area contributed by atoms with Gasteiger partial charge in [0.2, 0.25) is 5.69 Å². The minimum absolute atomic E-state index is 1.24. The summed E-state index contributed by atoms with van der Waals surface area (Å²) in [5.74, 6) is 0. The van der Waals surface area contributed by atoms with Crippen LogP contribution < -0.4 is 4.57 Å². The average molecular weight is 274 g/mol. The predicted molar refractivity (Wildman–Crippen MR) is 88.0 cm³/mol. The number of hydrogen-bond acceptors (Lipinski definition) is 0. The second-order valence-electron chi connectivity index (χ2n) is 5.51. The summed E-state index contributed by atoms with van der Waals surface area (Å²) in [5.41, 5.74) is 7.78. The Labute approximate surface area is 126 Å². The second-order valence-corrected chi connectivity index (χ2v) is 5.51. The summed E-state index contributed by atoms with van der Waals surface area (Å²) in [6, 6.07) is 21.5. The van der Waals surface area contributed by atoms with E-state index in [4.69, 9.17) is 0 Å². The molecule has 0 aliphatic heterocycles. The van der Waals surface area contributed by atoms with E-state index in [0.29, 0.717) is 0 Å². The molecule has 0 unspecified atom stereocenters. The lowest BCUT2D eigenvalue weighted by atomic mass is 9.91. The molecule has 1 heteroatoms. The lowest BCUT2D eigenvalue weighted by molar-refractivity contribution is -0.660. The minimum Gasteiger partial charge on any atom is -0.201 e. The van der Waals surface area contributed by atoms with Crippen molar-refractivity contribution in [1.82, 2.24) is 0 Å². The maximum Gasteiger partial charge on any atom is 0.213 e. The Kier molecular flexibility index (Phi) is 3.57. The van der Waals surface area contributed by atoms with E-state index in [-0.39, 0.29) is 0 Å². The fourth-order valence-electron chi connectivity index (χ4n) is 2.89. The summed E-state index contributed by atoms with van der Waals surface area (Å²) in [6.07, 6.45) is 2.10. The van der Waals surface area contributed by atoms with E-state index >= 15 is 0 Å². The van der Waals surface area contributed by atoms with Crippen LogP contribution in [0.1, 0.15) is 11.1 Å². The van der Waals surface area contributed by atoms with Crippen LogP contribution in [0.2, 0.25) is 0 Å². The first-order valence-corrected chi connectivity index (χ1v) is 7.29. The van der Waals surface area contributed by atoms with Gasteiger partial charge in [-0.05, 0) is 42.2 Å². The van der Waals surface area contributed by atoms with Crippen molar-refractivity contribution < 1.29 is 4.57 Å². The highest BCUT2D eigenvalue weighted by Crippen LogP contribution is 2.34. The van der Waals surface area contributed by atoms with Gasteiger partial charge in [0.1, 0.15) is 7.05 Å². The third-order valence-electron chi connectivity index (χ3n) is 4.02. The molecule has 0 bridgehead atoms. The SMILES string of the molecule is Cc1ccccc1-c1cccc(C)c1-c1cccc[n+]1C. The lowest BCUT2D eigenvalue weighted by Gasteiger charge is -2.13. The molecule has 0 saturated heterocycles. The molecule has 0 saturated carbocycles. The number of hydrogen-bond donors (Lipinski definition) is 0. The Morgan fingerprint density at radius 2 is 1.33 bits per heavy atom. The Morgan fingerprint density at radius 1 is 0.667 bits per heavy atom. The first-order chi connectivity index (χ1) is 10.2. The van der Waals surface area contributed by atoms with Crippen molar-refractivity contribution in [3.8, 4) is 22.4 Å². The van der Waals surface area contributed by atoms with Crippen LogP contribution >= 0.6 is 0 Å². The van der Waals surface area contributed by atoms with Gasteiger partial charge >= 0.3 is 0 Å².